The van der Waals surface area contributed by atoms with E-state index in [0.717, 1.165) is 83.7 Å². The van der Waals surface area contributed by atoms with Gasteiger partial charge in [-0.1, -0.05) is 83.1 Å². The highest BCUT2D eigenvalue weighted by Gasteiger charge is 2.39. The molecular weight excluding hydrogens is 831 g/mol. The number of carboxylic acids is 3. The number of amides is 5. The first-order valence-corrected chi connectivity index (χ1v) is 23.1. The number of nitrogens with zero attached hydrogens (tertiary/aromatic N) is 2. The van der Waals surface area contributed by atoms with Crippen molar-refractivity contribution in [1.29, 1.82) is 0 Å². The maximum atomic E-state index is 14.4. The van der Waals surface area contributed by atoms with Gasteiger partial charge >= 0.3 is 17.9 Å². The Kier molecular flexibility index (Phi) is 14.1. The van der Waals surface area contributed by atoms with Gasteiger partial charge in [0.25, 0.3) is 23.6 Å². The molecule has 0 fully saturated rings. The standard InChI is InChI=1S/C51H57N3O11/c1-3-5-8-12-30(13-9-6-4-2)54-49(64)37-21-17-33-31-15-19-35-45-36(20-16-32(43(31)45)34-18-22-38(50(54)65)46(37)44(33)34)48(63)53(47(35)62)29-11-7-10-14-39(55)52-51(26-23-40(56)57,27-24-41(58)59)28-25-42(60)61/h15-22,30H,3-14,23-29H2,1-2H3,(H,52,55)(H,56,57)(H,58,59)(H,60,61). The molecule has 5 aromatic rings. The Hall–Kier alpha value is -6.44. The quantitative estimate of drug-likeness (QED) is 0.0187. The molecule has 342 valence electrons. The Bertz CT molecular complexity index is 2550. The topological polar surface area (TPSA) is 216 Å². The number of carbonyl (C=O) groups is 8. The molecule has 0 atom stereocenters. The van der Waals surface area contributed by atoms with Crippen molar-refractivity contribution in [2.75, 3.05) is 6.54 Å². The van der Waals surface area contributed by atoms with E-state index in [2.05, 4.69) is 19.2 Å². The largest absolute Gasteiger partial charge is 0.481 e. The average molecular weight is 888 g/mol. The van der Waals surface area contributed by atoms with Crippen molar-refractivity contribution in [3.63, 3.8) is 0 Å². The smallest absolute Gasteiger partial charge is 0.303 e. The predicted molar refractivity (Wildman–Crippen MR) is 246 cm³/mol. The van der Waals surface area contributed by atoms with Crippen LogP contribution in [0.4, 0.5) is 0 Å². The molecule has 2 heterocycles. The number of unbranched alkanes of at least 4 members (excludes halogenated alkanes) is 6. The van der Waals surface area contributed by atoms with Crippen LogP contribution in [0.15, 0.2) is 48.5 Å². The third kappa shape index (κ3) is 9.25. The lowest BCUT2D eigenvalue weighted by atomic mass is 9.82. The van der Waals surface area contributed by atoms with E-state index in [0.29, 0.717) is 52.3 Å². The van der Waals surface area contributed by atoms with Gasteiger partial charge in [0, 0.05) is 76.8 Å². The van der Waals surface area contributed by atoms with Crippen LogP contribution in [0.2, 0.25) is 0 Å². The van der Waals surface area contributed by atoms with Gasteiger partial charge in [-0.2, -0.15) is 0 Å². The van der Waals surface area contributed by atoms with E-state index in [1.807, 2.05) is 36.4 Å². The van der Waals surface area contributed by atoms with Crippen LogP contribution in [0.1, 0.15) is 171 Å². The minimum Gasteiger partial charge on any atom is -0.481 e. The highest BCUT2D eigenvalue weighted by atomic mass is 16.4. The Labute approximate surface area is 376 Å². The number of imide groups is 2. The number of aliphatic carboxylic acids is 3. The minimum atomic E-state index is -1.33. The molecule has 0 spiro atoms. The van der Waals surface area contributed by atoms with Gasteiger partial charge in [0.1, 0.15) is 0 Å². The second-order valence-electron chi connectivity index (χ2n) is 17.9. The fourth-order valence-electron chi connectivity index (χ4n) is 10.2. The fourth-order valence-corrected chi connectivity index (χ4v) is 10.2. The molecule has 7 rings (SSSR count). The Morgan fingerprint density at radius 1 is 0.508 bits per heavy atom. The van der Waals surface area contributed by atoms with Crippen LogP contribution in [0.5, 0.6) is 0 Å². The molecule has 0 radical (unpaired) electrons. The van der Waals surface area contributed by atoms with Crippen LogP contribution in [-0.2, 0) is 19.2 Å². The van der Waals surface area contributed by atoms with Crippen LogP contribution in [0.25, 0.3) is 43.1 Å². The summed E-state index contributed by atoms with van der Waals surface area (Å²) < 4.78 is 0. The first-order chi connectivity index (χ1) is 31.2. The van der Waals surface area contributed by atoms with E-state index in [1.165, 1.54) is 9.80 Å². The predicted octanol–water partition coefficient (Wildman–Crippen LogP) is 9.47. The normalized spacial score (nSPS) is 14.0. The molecule has 0 aliphatic carbocycles. The summed E-state index contributed by atoms with van der Waals surface area (Å²) >= 11 is 0. The van der Waals surface area contributed by atoms with Crippen LogP contribution >= 0.6 is 0 Å². The molecular formula is C51H57N3O11. The molecule has 0 aromatic heterocycles. The lowest BCUT2D eigenvalue weighted by molar-refractivity contribution is -0.139. The van der Waals surface area contributed by atoms with Crippen LogP contribution in [0.3, 0.4) is 0 Å². The summed E-state index contributed by atoms with van der Waals surface area (Å²) in [6, 6.07) is 14.5. The van der Waals surface area contributed by atoms with E-state index < -0.39 is 41.2 Å². The summed E-state index contributed by atoms with van der Waals surface area (Å²) in [5.41, 5.74) is 0.441. The number of benzene rings is 5. The van der Waals surface area contributed by atoms with Crippen molar-refractivity contribution >= 4 is 90.5 Å². The molecule has 2 aliphatic rings. The SMILES string of the molecule is CCCCCC(CCCCC)N1C(=O)c2ccc3c4ccc5c6c(ccc(c7ccc(c2c37)C1=O)c64)C(=O)N(CCCCCC(=O)NC(CCC(=O)O)(CCC(=O)O)CCC(=O)O)C5=O. The van der Waals surface area contributed by atoms with Gasteiger partial charge in [-0.15, -0.1) is 0 Å². The maximum absolute atomic E-state index is 14.4. The van der Waals surface area contributed by atoms with Crippen molar-refractivity contribution in [3.05, 3.63) is 70.8 Å². The summed E-state index contributed by atoms with van der Waals surface area (Å²) in [7, 11) is 0. The second kappa shape index (κ2) is 19.7. The van der Waals surface area contributed by atoms with Gasteiger partial charge in [-0.3, -0.25) is 48.2 Å². The van der Waals surface area contributed by atoms with Crippen molar-refractivity contribution < 1.29 is 53.7 Å². The monoisotopic (exact) mass is 887 g/mol. The second-order valence-corrected chi connectivity index (χ2v) is 17.9. The molecule has 14 heteroatoms. The molecule has 2 aliphatic heterocycles. The van der Waals surface area contributed by atoms with Crippen molar-refractivity contribution in [2.45, 2.75) is 141 Å². The minimum absolute atomic E-state index is 0.0129. The lowest BCUT2D eigenvalue weighted by Crippen LogP contribution is -2.49. The number of hydrogen-bond acceptors (Lipinski definition) is 8. The number of carboxylic acid groups (broad SMARTS) is 3. The van der Waals surface area contributed by atoms with Gasteiger partial charge in [0.2, 0.25) is 5.91 Å². The maximum Gasteiger partial charge on any atom is 0.303 e. The van der Waals surface area contributed by atoms with Gasteiger partial charge < -0.3 is 20.6 Å². The zero-order chi connectivity index (χ0) is 46.6. The molecule has 65 heavy (non-hydrogen) atoms. The summed E-state index contributed by atoms with van der Waals surface area (Å²) in [6.45, 7) is 4.37. The molecule has 0 bridgehead atoms. The Morgan fingerprint density at radius 3 is 1.29 bits per heavy atom. The Balaban J connectivity index is 1.10. The van der Waals surface area contributed by atoms with E-state index in [9.17, 15) is 53.7 Å². The molecule has 5 aromatic carbocycles. The zero-order valence-corrected chi connectivity index (χ0v) is 37.1. The molecule has 0 unspecified atom stereocenters. The van der Waals surface area contributed by atoms with E-state index in [-0.39, 0.29) is 69.3 Å². The van der Waals surface area contributed by atoms with Gasteiger partial charge in [-0.05, 0) is 102 Å². The number of nitrogens with one attached hydrogen (secondary N) is 1. The number of carbonyl (C=O) groups excluding carboxylic acids is 5. The van der Waals surface area contributed by atoms with E-state index in [1.54, 1.807) is 12.1 Å². The van der Waals surface area contributed by atoms with Crippen molar-refractivity contribution in [3.8, 4) is 0 Å². The molecule has 5 amide bonds. The highest BCUT2D eigenvalue weighted by molar-refractivity contribution is 6.41. The van der Waals surface area contributed by atoms with Gasteiger partial charge in [-0.25, -0.2) is 0 Å². The van der Waals surface area contributed by atoms with E-state index in [4.69, 9.17) is 0 Å². The van der Waals surface area contributed by atoms with Crippen LogP contribution in [-0.4, -0.2) is 90.7 Å². The highest BCUT2D eigenvalue weighted by Crippen LogP contribution is 2.46. The Morgan fingerprint density at radius 2 is 0.908 bits per heavy atom. The summed E-state index contributed by atoms with van der Waals surface area (Å²) in [5, 5.41) is 36.7. The summed E-state index contributed by atoms with van der Waals surface area (Å²) in [4.78, 5) is 107. The average Bonchev–Trinajstić information content (AvgIpc) is 3.28. The number of fused-ring (bicyclic) bond motifs is 2. The fraction of sp³-hybridized carbons (Fsp3) is 0.451. The third-order valence-electron chi connectivity index (χ3n) is 13.5. The van der Waals surface area contributed by atoms with Crippen molar-refractivity contribution in [2.24, 2.45) is 0 Å². The molecule has 0 saturated carbocycles. The lowest BCUT2D eigenvalue weighted by Gasteiger charge is -2.35. The van der Waals surface area contributed by atoms with Gasteiger partial charge in [0.05, 0.1) is 0 Å². The summed E-state index contributed by atoms with van der Waals surface area (Å²) in [6.07, 6.45) is 7.21. The first-order valence-electron chi connectivity index (χ1n) is 23.1. The van der Waals surface area contributed by atoms with E-state index >= 15 is 0 Å². The van der Waals surface area contributed by atoms with Crippen molar-refractivity contribution in [1.82, 2.24) is 15.1 Å². The molecule has 0 saturated heterocycles. The van der Waals surface area contributed by atoms with Gasteiger partial charge in [0.15, 0.2) is 0 Å². The zero-order valence-electron chi connectivity index (χ0n) is 37.1. The molecule has 4 N–H and O–H groups in total. The number of hydrogen-bond donors (Lipinski definition) is 4. The summed E-state index contributed by atoms with van der Waals surface area (Å²) in [5.74, 6) is -5.37. The molecule has 14 nitrogen and oxygen atoms in total. The van der Waals surface area contributed by atoms with Crippen LogP contribution in [0, 0.1) is 0 Å². The number of rotatable bonds is 25. The third-order valence-corrected chi connectivity index (χ3v) is 13.5. The first kappa shape index (κ1) is 46.5. The van der Waals surface area contributed by atoms with Crippen LogP contribution < -0.4 is 5.32 Å².